The fourth-order valence-corrected chi connectivity index (χ4v) is 4.83. The summed E-state index contributed by atoms with van der Waals surface area (Å²) in [6, 6.07) is 15.2. The molecule has 10 heteroatoms. The zero-order chi connectivity index (χ0) is 26.7. The number of hydrogen-bond donors (Lipinski definition) is 1. The molecule has 0 atom stereocenters. The summed E-state index contributed by atoms with van der Waals surface area (Å²) >= 11 is 0. The molecule has 2 aromatic carbocycles. The van der Waals surface area contributed by atoms with Gasteiger partial charge in [0.25, 0.3) is 0 Å². The number of hydrogen-bond acceptors (Lipinski definition) is 5. The molecule has 1 aliphatic heterocycles. The van der Waals surface area contributed by atoms with E-state index in [0.29, 0.717) is 49.9 Å². The molecule has 0 radical (unpaired) electrons. The Kier molecular flexibility index (Phi) is 7.15. The minimum Gasteiger partial charge on any atom is -0.369 e. The molecule has 0 saturated carbocycles. The highest BCUT2D eigenvalue weighted by Gasteiger charge is 2.31. The Morgan fingerprint density at radius 2 is 1.79 bits per heavy atom. The monoisotopic (exact) mass is 520 g/mol. The Hall–Kier alpha value is -4.18. The second kappa shape index (κ2) is 10.7. The van der Waals surface area contributed by atoms with Crippen LogP contribution in [0.1, 0.15) is 16.8 Å². The van der Waals surface area contributed by atoms with E-state index in [0.717, 1.165) is 35.0 Å². The molecule has 0 bridgehead atoms. The molecule has 5 rings (SSSR count). The molecule has 0 aliphatic carbocycles. The van der Waals surface area contributed by atoms with E-state index in [9.17, 15) is 18.0 Å². The van der Waals surface area contributed by atoms with Crippen molar-refractivity contribution >= 4 is 23.6 Å². The molecular formula is C28H27F3N6O. The zero-order valence-corrected chi connectivity index (χ0v) is 20.8. The highest BCUT2D eigenvalue weighted by molar-refractivity contribution is 5.94. The lowest BCUT2D eigenvalue weighted by atomic mass is 10.1. The summed E-state index contributed by atoms with van der Waals surface area (Å²) in [4.78, 5) is 30.1. The predicted octanol–water partition coefficient (Wildman–Crippen LogP) is 5.42. The van der Waals surface area contributed by atoms with Crippen molar-refractivity contribution in [2.45, 2.75) is 19.6 Å². The lowest BCUT2D eigenvalue weighted by Gasteiger charge is -2.36. The number of aromatic nitrogens is 3. The Morgan fingerprint density at radius 1 is 1.03 bits per heavy atom. The number of aromatic amines is 1. The molecule has 0 spiro atoms. The van der Waals surface area contributed by atoms with Gasteiger partial charge in [-0.2, -0.15) is 13.2 Å². The molecule has 1 N–H and O–H groups in total. The first-order chi connectivity index (χ1) is 18.3. The van der Waals surface area contributed by atoms with Gasteiger partial charge in [-0.05, 0) is 25.1 Å². The number of piperazine rings is 1. The third-order valence-corrected chi connectivity index (χ3v) is 6.79. The molecule has 3 heterocycles. The number of aryl methyl sites for hydroxylation is 1. The second-order valence-corrected chi connectivity index (χ2v) is 9.17. The number of nitrogens with zero attached hydrogens (tertiary/aromatic N) is 5. The minimum atomic E-state index is -4.37. The number of halogens is 3. The number of nitrogens with one attached hydrogen (secondary N) is 1. The van der Waals surface area contributed by atoms with Crippen molar-refractivity contribution in [3.63, 3.8) is 0 Å². The van der Waals surface area contributed by atoms with Crippen molar-refractivity contribution in [2.75, 3.05) is 36.0 Å². The van der Waals surface area contributed by atoms with E-state index in [4.69, 9.17) is 0 Å². The molecule has 1 aliphatic rings. The number of carbonyl (C=O) groups is 1. The van der Waals surface area contributed by atoms with Crippen LogP contribution in [0.2, 0.25) is 0 Å². The van der Waals surface area contributed by atoms with Gasteiger partial charge in [0.2, 0.25) is 6.41 Å². The van der Waals surface area contributed by atoms with Crippen LogP contribution in [0.15, 0.2) is 73.2 Å². The smallest absolute Gasteiger partial charge is 0.369 e. The lowest BCUT2D eigenvalue weighted by Crippen LogP contribution is -2.46. The Labute approximate surface area is 218 Å². The van der Waals surface area contributed by atoms with E-state index in [1.807, 2.05) is 42.2 Å². The average Bonchev–Trinajstić information content (AvgIpc) is 3.25. The topological polar surface area (TPSA) is 68.4 Å². The summed E-state index contributed by atoms with van der Waals surface area (Å²) < 4.78 is 39.6. The van der Waals surface area contributed by atoms with E-state index >= 15 is 0 Å². The van der Waals surface area contributed by atoms with Crippen LogP contribution in [0.25, 0.3) is 11.3 Å². The number of benzene rings is 2. The van der Waals surface area contributed by atoms with Crippen molar-refractivity contribution in [1.29, 1.82) is 0 Å². The van der Waals surface area contributed by atoms with Crippen LogP contribution >= 0.6 is 0 Å². The second-order valence-electron chi connectivity index (χ2n) is 9.17. The van der Waals surface area contributed by atoms with Gasteiger partial charge in [-0.15, -0.1) is 0 Å². The minimum absolute atomic E-state index is 0.411. The van der Waals surface area contributed by atoms with Gasteiger partial charge >= 0.3 is 6.18 Å². The Balaban J connectivity index is 1.41. The summed E-state index contributed by atoms with van der Waals surface area (Å²) in [5.41, 5.74) is 4.25. The third kappa shape index (κ3) is 5.26. The molecule has 7 nitrogen and oxygen atoms in total. The van der Waals surface area contributed by atoms with Crippen LogP contribution in [-0.2, 0) is 17.5 Å². The maximum Gasteiger partial charge on any atom is 0.416 e. The molecule has 1 amide bonds. The first kappa shape index (κ1) is 25.5. The van der Waals surface area contributed by atoms with Gasteiger partial charge in [0, 0.05) is 67.6 Å². The van der Waals surface area contributed by atoms with E-state index in [2.05, 4.69) is 19.9 Å². The fraction of sp³-hybridized carbons (Fsp3) is 0.250. The number of rotatable bonds is 7. The van der Waals surface area contributed by atoms with Crippen molar-refractivity contribution in [3.05, 3.63) is 90.0 Å². The summed E-state index contributed by atoms with van der Waals surface area (Å²) in [6.45, 7) is 5.04. The summed E-state index contributed by atoms with van der Waals surface area (Å²) in [5, 5.41) is 0. The van der Waals surface area contributed by atoms with Gasteiger partial charge in [0.15, 0.2) is 5.82 Å². The van der Waals surface area contributed by atoms with Gasteiger partial charge in [-0.1, -0.05) is 36.4 Å². The van der Waals surface area contributed by atoms with Gasteiger partial charge in [0.1, 0.15) is 0 Å². The van der Waals surface area contributed by atoms with E-state index in [1.54, 1.807) is 24.7 Å². The number of carbonyl (C=O) groups excluding carboxylic acids is 1. The third-order valence-electron chi connectivity index (χ3n) is 6.79. The van der Waals surface area contributed by atoms with Crippen molar-refractivity contribution in [1.82, 2.24) is 19.9 Å². The average molecular weight is 521 g/mol. The van der Waals surface area contributed by atoms with Gasteiger partial charge in [0.05, 0.1) is 23.1 Å². The molecule has 196 valence electrons. The first-order valence-corrected chi connectivity index (χ1v) is 12.3. The molecule has 4 aromatic rings. The summed E-state index contributed by atoms with van der Waals surface area (Å²) in [7, 11) is 0. The number of anilines is 3. The molecule has 0 unspecified atom stereocenters. The summed E-state index contributed by atoms with van der Waals surface area (Å²) in [6.07, 6.45) is 1.01. The van der Waals surface area contributed by atoms with E-state index in [-0.39, 0.29) is 0 Å². The number of H-pyrrole nitrogens is 1. The summed E-state index contributed by atoms with van der Waals surface area (Å²) in [5.74, 6) is 0.411. The van der Waals surface area contributed by atoms with Crippen LogP contribution in [-0.4, -0.2) is 52.4 Å². The van der Waals surface area contributed by atoms with Crippen molar-refractivity contribution in [2.24, 2.45) is 0 Å². The maximum absolute atomic E-state index is 13.2. The number of alkyl halides is 3. The van der Waals surface area contributed by atoms with Crippen LogP contribution in [0.5, 0.6) is 0 Å². The predicted molar refractivity (Wildman–Crippen MR) is 140 cm³/mol. The van der Waals surface area contributed by atoms with Gasteiger partial charge < -0.3 is 9.88 Å². The molecule has 38 heavy (non-hydrogen) atoms. The lowest BCUT2D eigenvalue weighted by molar-refractivity contribution is -0.137. The van der Waals surface area contributed by atoms with Crippen LogP contribution in [0, 0.1) is 6.92 Å². The van der Waals surface area contributed by atoms with Crippen LogP contribution in [0.4, 0.5) is 30.4 Å². The maximum atomic E-state index is 13.2. The first-order valence-electron chi connectivity index (χ1n) is 12.3. The van der Waals surface area contributed by atoms with Crippen LogP contribution < -0.4 is 9.80 Å². The largest absolute Gasteiger partial charge is 0.416 e. The molecular weight excluding hydrogens is 493 g/mol. The van der Waals surface area contributed by atoms with Crippen LogP contribution in [0.3, 0.4) is 0 Å². The Morgan fingerprint density at radius 3 is 2.45 bits per heavy atom. The SMILES string of the molecule is Cc1[nH]c(-c2ccccc2)c(N(C=O)c2cnccn2)c1CN1CCN(c2cccc(C(F)(F)F)c2)CC1. The standard InChI is InChI=1S/C28H27F3N6O/c1-20-24(18-35-12-14-36(15-13-35)23-9-5-8-22(16-23)28(29,30)31)27(26(34-20)21-6-3-2-4-7-21)37(19-38)25-17-32-10-11-33-25/h2-11,16-17,19,34H,12-15,18H2,1H3. The van der Waals surface area contributed by atoms with Gasteiger partial charge in [-0.25, -0.2) is 4.98 Å². The molecule has 2 aromatic heterocycles. The Bertz CT molecular complexity index is 1380. The number of amides is 1. The zero-order valence-electron chi connectivity index (χ0n) is 20.8. The van der Waals surface area contributed by atoms with Crippen molar-refractivity contribution < 1.29 is 18.0 Å². The van der Waals surface area contributed by atoms with E-state index < -0.39 is 11.7 Å². The highest BCUT2D eigenvalue weighted by atomic mass is 19.4. The fourth-order valence-electron chi connectivity index (χ4n) is 4.83. The quantitative estimate of drug-likeness (QED) is 0.330. The molecule has 1 saturated heterocycles. The molecule has 1 fully saturated rings. The normalized spacial score (nSPS) is 14.5. The van der Waals surface area contributed by atoms with Crippen molar-refractivity contribution in [3.8, 4) is 11.3 Å². The van der Waals surface area contributed by atoms with Gasteiger partial charge in [-0.3, -0.25) is 19.6 Å². The van der Waals surface area contributed by atoms with E-state index in [1.165, 1.54) is 17.0 Å². The highest BCUT2D eigenvalue weighted by Crippen LogP contribution is 2.39.